The van der Waals surface area contributed by atoms with Gasteiger partial charge in [0.1, 0.15) is 17.0 Å². The predicted molar refractivity (Wildman–Crippen MR) is 131 cm³/mol. The SMILES string of the molecule is CC1(CNCc2ccc3nc(CNC(=O)c4cc(=O)n5ccccc5n4)cn3c2)CCCCC1. The van der Waals surface area contributed by atoms with E-state index in [1.54, 1.807) is 24.4 Å². The monoisotopic (exact) mass is 458 g/mol. The Morgan fingerprint density at radius 2 is 1.88 bits per heavy atom. The molecule has 1 aliphatic carbocycles. The Morgan fingerprint density at radius 3 is 2.74 bits per heavy atom. The van der Waals surface area contributed by atoms with Gasteiger partial charge in [0, 0.05) is 37.7 Å². The summed E-state index contributed by atoms with van der Waals surface area (Å²) in [6.07, 6.45) is 12.3. The van der Waals surface area contributed by atoms with Crippen LogP contribution in [0.15, 0.2) is 59.8 Å². The summed E-state index contributed by atoms with van der Waals surface area (Å²) in [5, 5.41) is 6.45. The molecule has 5 rings (SSSR count). The maximum absolute atomic E-state index is 12.6. The van der Waals surface area contributed by atoms with Gasteiger partial charge in [-0.15, -0.1) is 0 Å². The van der Waals surface area contributed by atoms with E-state index in [9.17, 15) is 9.59 Å². The Morgan fingerprint density at radius 1 is 1.03 bits per heavy atom. The third kappa shape index (κ3) is 4.87. The fraction of sp³-hybridized carbons (Fsp3) is 0.385. The van der Waals surface area contributed by atoms with Gasteiger partial charge in [-0.2, -0.15) is 0 Å². The highest BCUT2D eigenvalue weighted by Gasteiger charge is 2.26. The number of carbonyl (C=O) groups excluding carboxylic acids is 1. The standard InChI is InChI=1S/C26H30N6O2/c1-26(10-4-2-5-11-26)18-27-14-19-8-9-22-29-20(17-31(22)16-19)15-28-25(34)21-13-24(33)32-12-6-3-7-23(32)30-21/h3,6-9,12-13,16-17,27H,2,4-5,10-11,14-15,18H2,1H3,(H,28,34). The second-order valence-electron chi connectivity index (χ2n) is 9.60. The lowest BCUT2D eigenvalue weighted by Gasteiger charge is -2.33. The van der Waals surface area contributed by atoms with E-state index in [0.29, 0.717) is 11.1 Å². The van der Waals surface area contributed by atoms with Crippen molar-refractivity contribution in [2.45, 2.75) is 52.1 Å². The summed E-state index contributed by atoms with van der Waals surface area (Å²) in [5.41, 5.74) is 3.42. The van der Waals surface area contributed by atoms with Crippen LogP contribution in [0.2, 0.25) is 0 Å². The van der Waals surface area contributed by atoms with Crippen molar-refractivity contribution >= 4 is 17.2 Å². The second-order valence-corrected chi connectivity index (χ2v) is 9.60. The zero-order valence-corrected chi connectivity index (χ0v) is 19.5. The smallest absolute Gasteiger partial charge is 0.270 e. The van der Waals surface area contributed by atoms with Crippen LogP contribution < -0.4 is 16.2 Å². The molecule has 1 aliphatic rings. The van der Waals surface area contributed by atoms with Crippen LogP contribution in [0.1, 0.15) is 60.8 Å². The van der Waals surface area contributed by atoms with Gasteiger partial charge in [0.2, 0.25) is 0 Å². The summed E-state index contributed by atoms with van der Waals surface area (Å²) in [6, 6.07) is 10.6. The van der Waals surface area contributed by atoms with Crippen LogP contribution in [0.25, 0.3) is 11.3 Å². The molecule has 0 spiro atoms. The van der Waals surface area contributed by atoms with Gasteiger partial charge in [-0.3, -0.25) is 14.0 Å². The van der Waals surface area contributed by atoms with Gasteiger partial charge in [-0.25, -0.2) is 9.97 Å². The van der Waals surface area contributed by atoms with Crippen LogP contribution >= 0.6 is 0 Å². The van der Waals surface area contributed by atoms with Gasteiger partial charge in [-0.1, -0.05) is 38.3 Å². The van der Waals surface area contributed by atoms with Crippen molar-refractivity contribution in [3.05, 3.63) is 82.3 Å². The number of hydrogen-bond acceptors (Lipinski definition) is 5. The van der Waals surface area contributed by atoms with Gasteiger partial charge in [0.05, 0.1) is 12.2 Å². The molecule has 1 saturated carbocycles. The van der Waals surface area contributed by atoms with Gasteiger partial charge in [0.15, 0.2) is 0 Å². The molecule has 0 bridgehead atoms. The fourth-order valence-electron chi connectivity index (χ4n) is 4.80. The van der Waals surface area contributed by atoms with Gasteiger partial charge in [0.25, 0.3) is 11.5 Å². The third-order valence-electron chi connectivity index (χ3n) is 6.74. The Bertz CT molecular complexity index is 1380. The summed E-state index contributed by atoms with van der Waals surface area (Å²) in [5.74, 6) is -0.401. The molecule has 34 heavy (non-hydrogen) atoms. The van der Waals surface area contributed by atoms with Crippen molar-refractivity contribution in [2.24, 2.45) is 5.41 Å². The molecule has 0 radical (unpaired) electrons. The van der Waals surface area contributed by atoms with E-state index < -0.39 is 5.91 Å². The molecule has 4 aromatic heterocycles. The molecule has 0 unspecified atom stereocenters. The largest absolute Gasteiger partial charge is 0.345 e. The van der Waals surface area contributed by atoms with E-state index in [-0.39, 0.29) is 17.8 Å². The molecule has 1 fully saturated rings. The molecule has 4 aromatic rings. The van der Waals surface area contributed by atoms with Crippen molar-refractivity contribution in [3.63, 3.8) is 0 Å². The van der Waals surface area contributed by atoms with E-state index in [4.69, 9.17) is 0 Å². The maximum Gasteiger partial charge on any atom is 0.270 e. The van der Waals surface area contributed by atoms with E-state index >= 15 is 0 Å². The number of nitrogens with zero attached hydrogens (tertiary/aromatic N) is 4. The Balaban J connectivity index is 1.21. The van der Waals surface area contributed by atoms with Crippen LogP contribution in [0.3, 0.4) is 0 Å². The van der Waals surface area contributed by atoms with Crippen molar-refractivity contribution in [1.82, 2.24) is 29.4 Å². The summed E-state index contributed by atoms with van der Waals surface area (Å²) < 4.78 is 3.39. The lowest BCUT2D eigenvalue weighted by molar-refractivity contribution is 0.0945. The van der Waals surface area contributed by atoms with Crippen LogP contribution in [-0.4, -0.2) is 31.2 Å². The highest BCUT2D eigenvalue weighted by atomic mass is 16.2. The van der Waals surface area contributed by atoms with Crippen molar-refractivity contribution in [3.8, 4) is 0 Å². The summed E-state index contributed by atoms with van der Waals surface area (Å²) >= 11 is 0. The number of aromatic nitrogens is 4. The van der Waals surface area contributed by atoms with E-state index in [1.807, 2.05) is 16.7 Å². The first-order valence-corrected chi connectivity index (χ1v) is 11.9. The average molecular weight is 459 g/mol. The highest BCUT2D eigenvalue weighted by Crippen LogP contribution is 2.34. The predicted octanol–water partition coefficient (Wildman–Crippen LogP) is 3.33. The minimum Gasteiger partial charge on any atom is -0.345 e. The molecule has 176 valence electrons. The van der Waals surface area contributed by atoms with Crippen molar-refractivity contribution < 1.29 is 4.79 Å². The summed E-state index contributed by atoms with van der Waals surface area (Å²) in [4.78, 5) is 33.7. The first-order chi connectivity index (χ1) is 16.5. The Labute approximate surface area is 198 Å². The maximum atomic E-state index is 12.6. The Kier molecular flexibility index (Phi) is 6.15. The average Bonchev–Trinajstić information content (AvgIpc) is 3.25. The number of fused-ring (bicyclic) bond motifs is 2. The number of amides is 1. The molecule has 2 N–H and O–H groups in total. The summed E-state index contributed by atoms with van der Waals surface area (Å²) in [6.45, 7) is 4.50. The van der Waals surface area contributed by atoms with Crippen LogP contribution in [0.4, 0.5) is 0 Å². The van der Waals surface area contributed by atoms with Gasteiger partial charge < -0.3 is 15.0 Å². The minimum atomic E-state index is -0.401. The molecule has 0 atom stereocenters. The van der Waals surface area contributed by atoms with Crippen LogP contribution in [0.5, 0.6) is 0 Å². The van der Waals surface area contributed by atoms with Crippen LogP contribution in [0, 0.1) is 5.41 Å². The quantitative estimate of drug-likeness (QED) is 0.443. The number of pyridine rings is 2. The molecule has 0 saturated heterocycles. The molecule has 0 aromatic carbocycles. The zero-order valence-electron chi connectivity index (χ0n) is 19.5. The fourth-order valence-corrected chi connectivity index (χ4v) is 4.80. The highest BCUT2D eigenvalue weighted by molar-refractivity contribution is 5.92. The molecular formula is C26H30N6O2. The number of imidazole rings is 1. The zero-order chi connectivity index (χ0) is 23.5. The first kappa shape index (κ1) is 22.3. The normalized spacial score (nSPS) is 15.6. The topological polar surface area (TPSA) is 92.8 Å². The number of carbonyl (C=O) groups is 1. The molecule has 8 heteroatoms. The molecule has 1 amide bonds. The number of rotatable bonds is 7. The van der Waals surface area contributed by atoms with Crippen molar-refractivity contribution in [2.75, 3.05) is 6.54 Å². The van der Waals surface area contributed by atoms with E-state index in [2.05, 4.69) is 39.8 Å². The molecular weight excluding hydrogens is 428 g/mol. The summed E-state index contributed by atoms with van der Waals surface area (Å²) in [7, 11) is 0. The minimum absolute atomic E-state index is 0.0972. The molecule has 4 heterocycles. The van der Waals surface area contributed by atoms with Gasteiger partial charge in [-0.05, 0) is 42.0 Å². The van der Waals surface area contributed by atoms with E-state index in [1.165, 1.54) is 48.1 Å². The number of hydrogen-bond donors (Lipinski definition) is 2. The Hall–Kier alpha value is -3.52. The lowest BCUT2D eigenvalue weighted by atomic mass is 9.76. The van der Waals surface area contributed by atoms with Gasteiger partial charge >= 0.3 is 0 Å². The lowest BCUT2D eigenvalue weighted by Crippen LogP contribution is -2.33. The second kappa shape index (κ2) is 9.38. The van der Waals surface area contributed by atoms with Crippen LogP contribution in [-0.2, 0) is 13.1 Å². The first-order valence-electron chi connectivity index (χ1n) is 11.9. The number of nitrogens with one attached hydrogen (secondary N) is 2. The third-order valence-corrected chi connectivity index (χ3v) is 6.74. The van der Waals surface area contributed by atoms with Crippen molar-refractivity contribution in [1.29, 1.82) is 0 Å². The van der Waals surface area contributed by atoms with E-state index in [0.717, 1.165) is 24.4 Å². The molecule has 8 nitrogen and oxygen atoms in total. The molecule has 0 aliphatic heterocycles.